The molecule has 0 amide bonds. The lowest BCUT2D eigenvalue weighted by Gasteiger charge is -2.09. The number of hydrogen-bond acceptors (Lipinski definition) is 2. The first-order chi connectivity index (χ1) is 6.88. The van der Waals surface area contributed by atoms with Gasteiger partial charge in [0, 0.05) is 18.3 Å². The second kappa shape index (κ2) is 4.60. The minimum Gasteiger partial charge on any atom is -0.308 e. The molecule has 1 heterocycles. The molecule has 1 aliphatic carbocycles. The van der Waals surface area contributed by atoms with E-state index in [2.05, 4.69) is 28.5 Å². The third-order valence-electron chi connectivity index (χ3n) is 2.98. The molecule has 0 bridgehead atoms. The van der Waals surface area contributed by atoms with Gasteiger partial charge in [-0.15, -0.1) is 0 Å². The minimum atomic E-state index is 0.739. The topological polar surface area (TPSA) is 40.7 Å². The number of hydrogen-bond donors (Lipinski definition) is 2. The Balaban J connectivity index is 1.79. The van der Waals surface area contributed by atoms with E-state index in [4.69, 9.17) is 0 Å². The van der Waals surface area contributed by atoms with Gasteiger partial charge >= 0.3 is 0 Å². The standard InChI is InChI=1S/C11H19N3/c1-2-9-7-11(14-13-9)8-12-10-5-3-4-6-10/h7,10,12H,2-6,8H2,1H3,(H,13,14). The number of aryl methyl sites for hydroxylation is 1. The molecule has 2 N–H and O–H groups in total. The van der Waals surface area contributed by atoms with E-state index in [1.54, 1.807) is 0 Å². The molecule has 0 radical (unpaired) electrons. The molecule has 78 valence electrons. The Labute approximate surface area is 85.3 Å². The molecule has 1 aromatic rings. The predicted molar refractivity (Wildman–Crippen MR) is 57.1 cm³/mol. The Bertz CT molecular complexity index is 274. The van der Waals surface area contributed by atoms with Gasteiger partial charge in [0.1, 0.15) is 0 Å². The van der Waals surface area contributed by atoms with E-state index in [0.717, 1.165) is 24.7 Å². The van der Waals surface area contributed by atoms with Crippen molar-refractivity contribution in [2.24, 2.45) is 0 Å². The van der Waals surface area contributed by atoms with Gasteiger partial charge in [-0.05, 0) is 25.3 Å². The zero-order chi connectivity index (χ0) is 9.80. The van der Waals surface area contributed by atoms with Gasteiger partial charge in [0.15, 0.2) is 0 Å². The molecular formula is C11H19N3. The predicted octanol–water partition coefficient (Wildman–Crippen LogP) is 2.00. The van der Waals surface area contributed by atoms with Crippen LogP contribution < -0.4 is 5.32 Å². The van der Waals surface area contributed by atoms with Gasteiger partial charge in [-0.1, -0.05) is 19.8 Å². The highest BCUT2D eigenvalue weighted by Crippen LogP contribution is 2.17. The van der Waals surface area contributed by atoms with Crippen LogP contribution >= 0.6 is 0 Å². The normalized spacial score (nSPS) is 17.8. The SMILES string of the molecule is CCc1cc(CNC2CCCC2)[nH]n1. The van der Waals surface area contributed by atoms with Crippen molar-refractivity contribution < 1.29 is 0 Å². The van der Waals surface area contributed by atoms with E-state index in [0.29, 0.717) is 0 Å². The third kappa shape index (κ3) is 2.35. The Morgan fingerprint density at radius 3 is 2.93 bits per heavy atom. The van der Waals surface area contributed by atoms with Crippen LogP contribution in [0.1, 0.15) is 44.0 Å². The maximum Gasteiger partial charge on any atom is 0.0622 e. The zero-order valence-corrected chi connectivity index (χ0v) is 8.84. The highest BCUT2D eigenvalue weighted by atomic mass is 15.1. The van der Waals surface area contributed by atoms with Crippen LogP contribution in [-0.4, -0.2) is 16.2 Å². The molecular weight excluding hydrogens is 174 g/mol. The first-order valence-electron chi connectivity index (χ1n) is 5.65. The van der Waals surface area contributed by atoms with E-state index in [1.165, 1.54) is 31.4 Å². The summed E-state index contributed by atoms with van der Waals surface area (Å²) < 4.78 is 0. The number of H-pyrrole nitrogens is 1. The number of rotatable bonds is 4. The zero-order valence-electron chi connectivity index (χ0n) is 8.84. The van der Waals surface area contributed by atoms with Gasteiger partial charge in [-0.2, -0.15) is 5.10 Å². The van der Waals surface area contributed by atoms with Gasteiger partial charge in [-0.25, -0.2) is 0 Å². The summed E-state index contributed by atoms with van der Waals surface area (Å²) in [7, 11) is 0. The summed E-state index contributed by atoms with van der Waals surface area (Å²) in [5.74, 6) is 0. The Hall–Kier alpha value is -0.830. The molecule has 0 aliphatic heterocycles. The quantitative estimate of drug-likeness (QED) is 0.768. The Morgan fingerprint density at radius 1 is 1.50 bits per heavy atom. The van der Waals surface area contributed by atoms with Crippen LogP contribution in [0, 0.1) is 0 Å². The molecule has 1 aromatic heterocycles. The summed E-state index contributed by atoms with van der Waals surface area (Å²) in [6.45, 7) is 3.07. The van der Waals surface area contributed by atoms with Gasteiger partial charge in [0.2, 0.25) is 0 Å². The van der Waals surface area contributed by atoms with Crippen LogP contribution in [-0.2, 0) is 13.0 Å². The average Bonchev–Trinajstić information content (AvgIpc) is 2.86. The van der Waals surface area contributed by atoms with E-state index in [1.807, 2.05) is 0 Å². The largest absolute Gasteiger partial charge is 0.308 e. The van der Waals surface area contributed by atoms with Crippen LogP contribution in [0.5, 0.6) is 0 Å². The van der Waals surface area contributed by atoms with Gasteiger partial charge in [-0.3, -0.25) is 5.10 Å². The van der Waals surface area contributed by atoms with Crippen molar-refractivity contribution in [2.45, 2.75) is 51.6 Å². The number of nitrogens with one attached hydrogen (secondary N) is 2. The highest BCUT2D eigenvalue weighted by Gasteiger charge is 2.13. The molecule has 0 aromatic carbocycles. The van der Waals surface area contributed by atoms with Crippen LogP contribution in [0.3, 0.4) is 0 Å². The molecule has 2 rings (SSSR count). The monoisotopic (exact) mass is 193 g/mol. The van der Waals surface area contributed by atoms with Crippen LogP contribution in [0.4, 0.5) is 0 Å². The van der Waals surface area contributed by atoms with Crippen molar-refractivity contribution in [3.63, 3.8) is 0 Å². The van der Waals surface area contributed by atoms with Gasteiger partial charge < -0.3 is 5.32 Å². The van der Waals surface area contributed by atoms with Crippen molar-refractivity contribution in [3.8, 4) is 0 Å². The van der Waals surface area contributed by atoms with Crippen LogP contribution in [0.15, 0.2) is 6.07 Å². The van der Waals surface area contributed by atoms with Crippen molar-refractivity contribution in [1.82, 2.24) is 15.5 Å². The number of aromatic amines is 1. The van der Waals surface area contributed by atoms with E-state index in [-0.39, 0.29) is 0 Å². The fourth-order valence-corrected chi connectivity index (χ4v) is 2.07. The van der Waals surface area contributed by atoms with E-state index >= 15 is 0 Å². The molecule has 0 unspecified atom stereocenters. The molecule has 14 heavy (non-hydrogen) atoms. The summed E-state index contributed by atoms with van der Waals surface area (Å²) in [4.78, 5) is 0. The summed E-state index contributed by atoms with van der Waals surface area (Å²) in [6, 6.07) is 2.89. The van der Waals surface area contributed by atoms with Gasteiger partial charge in [0.05, 0.1) is 5.69 Å². The summed E-state index contributed by atoms with van der Waals surface area (Å²) >= 11 is 0. The molecule has 1 aliphatic rings. The maximum atomic E-state index is 4.21. The van der Waals surface area contributed by atoms with Crippen LogP contribution in [0.25, 0.3) is 0 Å². The summed E-state index contributed by atoms with van der Waals surface area (Å²) in [5.41, 5.74) is 2.38. The van der Waals surface area contributed by atoms with Crippen molar-refractivity contribution >= 4 is 0 Å². The second-order valence-electron chi connectivity index (χ2n) is 4.10. The third-order valence-corrected chi connectivity index (χ3v) is 2.98. The maximum absolute atomic E-state index is 4.21. The lowest BCUT2D eigenvalue weighted by atomic mass is 10.2. The smallest absolute Gasteiger partial charge is 0.0622 e. The molecule has 3 nitrogen and oxygen atoms in total. The Morgan fingerprint density at radius 2 is 2.29 bits per heavy atom. The lowest BCUT2D eigenvalue weighted by Crippen LogP contribution is -2.25. The van der Waals surface area contributed by atoms with Crippen LogP contribution in [0.2, 0.25) is 0 Å². The molecule has 3 heteroatoms. The van der Waals surface area contributed by atoms with E-state index in [9.17, 15) is 0 Å². The van der Waals surface area contributed by atoms with Crippen molar-refractivity contribution in [1.29, 1.82) is 0 Å². The first-order valence-corrected chi connectivity index (χ1v) is 5.65. The second-order valence-corrected chi connectivity index (χ2v) is 4.10. The molecule has 0 saturated heterocycles. The fourth-order valence-electron chi connectivity index (χ4n) is 2.07. The highest BCUT2D eigenvalue weighted by molar-refractivity contribution is 5.08. The molecule has 0 spiro atoms. The van der Waals surface area contributed by atoms with Gasteiger partial charge in [0.25, 0.3) is 0 Å². The van der Waals surface area contributed by atoms with Crippen molar-refractivity contribution in [2.75, 3.05) is 0 Å². The van der Waals surface area contributed by atoms with Crippen molar-refractivity contribution in [3.05, 3.63) is 17.5 Å². The molecule has 1 saturated carbocycles. The van der Waals surface area contributed by atoms with E-state index < -0.39 is 0 Å². The molecule has 1 fully saturated rings. The summed E-state index contributed by atoms with van der Waals surface area (Å²) in [6.07, 6.45) is 6.48. The molecule has 0 atom stereocenters. The average molecular weight is 193 g/mol. The number of aromatic nitrogens is 2. The fraction of sp³-hybridized carbons (Fsp3) is 0.727. The summed E-state index contributed by atoms with van der Waals surface area (Å²) in [5, 5.41) is 10.8. The minimum absolute atomic E-state index is 0.739. The number of nitrogens with zero attached hydrogens (tertiary/aromatic N) is 1. The first kappa shape index (κ1) is 9.71. The Kier molecular flexibility index (Phi) is 3.19. The lowest BCUT2D eigenvalue weighted by molar-refractivity contribution is 0.519.